The van der Waals surface area contributed by atoms with E-state index in [-0.39, 0.29) is 30.1 Å². The summed E-state index contributed by atoms with van der Waals surface area (Å²) in [5.41, 5.74) is 1.05. The molecule has 1 aromatic carbocycles. The SMILES string of the molecule is C[C@]12C=CC(=O)C=C1CC[C@@H]1[C@@H]2[C@@H](O)C[C@@]2(C)[C@H]1C[C@H]1O[C@@H](c3coc(Cc4ccc(CO)cc4)c3)O[C@]12C(=O)CO. The molecular weight excluding hydrogens is 536 g/mol. The molecule has 7 rings (SSSR count). The Morgan fingerprint density at radius 1 is 1.12 bits per heavy atom. The molecular formula is C34H38O8. The number of allylic oxidation sites excluding steroid dienone is 4. The maximum atomic E-state index is 13.7. The van der Waals surface area contributed by atoms with Crippen LogP contribution in [0.1, 0.15) is 68.3 Å². The highest BCUT2D eigenvalue weighted by Crippen LogP contribution is 2.70. The first-order valence-corrected chi connectivity index (χ1v) is 15.0. The third kappa shape index (κ3) is 3.85. The number of aliphatic hydroxyl groups excluding tert-OH is 3. The fourth-order valence-corrected chi connectivity index (χ4v) is 9.41. The quantitative estimate of drug-likeness (QED) is 0.473. The molecule has 0 unspecified atom stereocenters. The molecule has 42 heavy (non-hydrogen) atoms. The Morgan fingerprint density at radius 3 is 2.62 bits per heavy atom. The fourth-order valence-electron chi connectivity index (χ4n) is 9.41. The summed E-state index contributed by atoms with van der Waals surface area (Å²) < 4.78 is 19.0. The second kappa shape index (κ2) is 9.82. The summed E-state index contributed by atoms with van der Waals surface area (Å²) in [6, 6.07) is 9.53. The molecule has 9 atom stereocenters. The molecule has 8 nitrogen and oxygen atoms in total. The van der Waals surface area contributed by atoms with Crippen LogP contribution in [-0.4, -0.2) is 51.3 Å². The molecule has 3 saturated carbocycles. The molecule has 1 aromatic heterocycles. The Hall–Kier alpha value is -2.88. The number of Topliss-reactive ketones (excluding diaryl/α,β-unsaturated/α-hetero) is 1. The van der Waals surface area contributed by atoms with Crippen molar-refractivity contribution in [3.8, 4) is 0 Å². The second-order valence-corrected chi connectivity index (χ2v) is 13.3. The van der Waals surface area contributed by atoms with Crippen LogP contribution in [0.2, 0.25) is 0 Å². The van der Waals surface area contributed by atoms with Crippen molar-refractivity contribution in [1.82, 2.24) is 0 Å². The highest BCUT2D eigenvalue weighted by atomic mass is 16.7. The summed E-state index contributed by atoms with van der Waals surface area (Å²) in [6.45, 7) is 3.47. The van der Waals surface area contributed by atoms with E-state index in [9.17, 15) is 24.9 Å². The van der Waals surface area contributed by atoms with E-state index in [2.05, 4.69) is 6.92 Å². The van der Waals surface area contributed by atoms with Crippen LogP contribution in [-0.2, 0) is 32.1 Å². The molecule has 5 aliphatic rings. The topological polar surface area (TPSA) is 126 Å². The second-order valence-electron chi connectivity index (χ2n) is 13.3. The molecule has 0 amide bonds. The van der Waals surface area contributed by atoms with Gasteiger partial charge in [0.25, 0.3) is 0 Å². The molecule has 222 valence electrons. The Labute approximate surface area is 245 Å². The van der Waals surface area contributed by atoms with Crippen LogP contribution in [0.15, 0.2) is 64.8 Å². The predicted octanol–water partition coefficient (Wildman–Crippen LogP) is 3.97. The molecule has 8 heteroatoms. The van der Waals surface area contributed by atoms with E-state index < -0.39 is 47.3 Å². The Morgan fingerprint density at radius 2 is 1.88 bits per heavy atom. The van der Waals surface area contributed by atoms with Gasteiger partial charge in [0.15, 0.2) is 23.5 Å². The molecule has 0 bridgehead atoms. The molecule has 1 aliphatic heterocycles. The summed E-state index contributed by atoms with van der Waals surface area (Å²) in [6.07, 6.45) is 7.85. The molecule has 2 aromatic rings. The Bertz CT molecular complexity index is 1470. The Balaban J connectivity index is 1.17. The van der Waals surface area contributed by atoms with Gasteiger partial charge in [-0.25, -0.2) is 0 Å². The smallest absolute Gasteiger partial charge is 0.193 e. The van der Waals surface area contributed by atoms with Gasteiger partial charge in [0.1, 0.15) is 12.4 Å². The highest BCUT2D eigenvalue weighted by Gasteiger charge is 2.76. The lowest BCUT2D eigenvalue weighted by Gasteiger charge is -2.59. The lowest BCUT2D eigenvalue weighted by Crippen LogP contribution is -2.63. The minimum absolute atomic E-state index is 0.00574. The first-order chi connectivity index (χ1) is 20.1. The Kier molecular flexibility index (Phi) is 6.53. The average molecular weight is 575 g/mol. The van der Waals surface area contributed by atoms with Gasteiger partial charge in [-0.05, 0) is 66.9 Å². The number of aliphatic hydroxyl groups is 3. The van der Waals surface area contributed by atoms with Crippen molar-refractivity contribution >= 4 is 11.6 Å². The number of furan rings is 1. The lowest BCUT2D eigenvalue weighted by atomic mass is 9.46. The molecule has 1 saturated heterocycles. The highest BCUT2D eigenvalue weighted by molar-refractivity contribution is 6.01. The van der Waals surface area contributed by atoms with Gasteiger partial charge in [-0.1, -0.05) is 49.8 Å². The van der Waals surface area contributed by atoms with E-state index >= 15 is 0 Å². The van der Waals surface area contributed by atoms with E-state index in [0.717, 1.165) is 29.5 Å². The van der Waals surface area contributed by atoms with Gasteiger partial charge in [-0.3, -0.25) is 9.59 Å². The number of carbonyl (C=O) groups is 2. The minimum atomic E-state index is -1.39. The van der Waals surface area contributed by atoms with Crippen LogP contribution in [0.4, 0.5) is 0 Å². The van der Waals surface area contributed by atoms with Crippen LogP contribution in [0.3, 0.4) is 0 Å². The molecule has 4 aliphatic carbocycles. The first kappa shape index (κ1) is 27.9. The van der Waals surface area contributed by atoms with E-state index in [0.29, 0.717) is 30.6 Å². The van der Waals surface area contributed by atoms with Crippen LogP contribution in [0.5, 0.6) is 0 Å². The maximum Gasteiger partial charge on any atom is 0.193 e. The van der Waals surface area contributed by atoms with Crippen molar-refractivity contribution < 1.29 is 38.8 Å². The fraction of sp³-hybridized carbons (Fsp3) is 0.529. The largest absolute Gasteiger partial charge is 0.469 e. The van der Waals surface area contributed by atoms with Crippen molar-refractivity contribution in [3.05, 3.63) is 82.8 Å². The van der Waals surface area contributed by atoms with Gasteiger partial charge in [0.05, 0.1) is 25.1 Å². The number of ether oxygens (including phenoxy) is 2. The number of rotatable bonds is 6. The zero-order valence-electron chi connectivity index (χ0n) is 24.0. The van der Waals surface area contributed by atoms with E-state index in [1.54, 1.807) is 18.4 Å². The third-order valence-electron chi connectivity index (χ3n) is 11.3. The van der Waals surface area contributed by atoms with Gasteiger partial charge in [-0.2, -0.15) is 0 Å². The van der Waals surface area contributed by atoms with Crippen molar-refractivity contribution in [2.24, 2.45) is 28.6 Å². The van der Waals surface area contributed by atoms with Crippen LogP contribution in [0, 0.1) is 28.6 Å². The molecule has 4 fully saturated rings. The van der Waals surface area contributed by atoms with Crippen molar-refractivity contribution in [2.75, 3.05) is 6.61 Å². The van der Waals surface area contributed by atoms with Gasteiger partial charge in [-0.15, -0.1) is 0 Å². The summed E-state index contributed by atoms with van der Waals surface area (Å²) >= 11 is 0. The standard InChI is InChI=1S/C34H38O8/c1-32-10-9-23(37)13-22(32)7-8-25-26-14-29-34(28(39)17-36,33(26,2)15-27(38)30(25)32)42-31(41-29)21-12-24(40-18-21)11-19-3-5-20(16-35)6-4-19/h3-6,9-10,12-13,18,25-27,29-31,35-36,38H,7-8,11,14-17H2,1-2H3/t25-,26-,27-,29+,30+,31+,32-,33-,34+/m0/s1. The van der Waals surface area contributed by atoms with Crippen LogP contribution < -0.4 is 0 Å². The summed E-state index contributed by atoms with van der Waals surface area (Å²) in [5, 5.41) is 31.3. The van der Waals surface area contributed by atoms with Crippen LogP contribution in [0.25, 0.3) is 0 Å². The van der Waals surface area contributed by atoms with Gasteiger partial charge in [0.2, 0.25) is 0 Å². The van der Waals surface area contributed by atoms with Crippen molar-refractivity contribution in [3.63, 3.8) is 0 Å². The number of benzene rings is 1. The number of ketones is 2. The zero-order chi connectivity index (χ0) is 29.4. The van der Waals surface area contributed by atoms with Crippen LogP contribution >= 0.6 is 0 Å². The average Bonchev–Trinajstić information content (AvgIpc) is 3.66. The van der Waals surface area contributed by atoms with E-state index in [1.807, 2.05) is 43.3 Å². The summed E-state index contributed by atoms with van der Waals surface area (Å²) in [5.74, 6) is 0.359. The number of hydrogen-bond donors (Lipinski definition) is 3. The molecule has 2 heterocycles. The van der Waals surface area contributed by atoms with E-state index in [4.69, 9.17) is 13.9 Å². The third-order valence-corrected chi connectivity index (χ3v) is 11.3. The first-order valence-electron chi connectivity index (χ1n) is 15.0. The van der Waals surface area contributed by atoms with Gasteiger partial charge < -0.3 is 29.2 Å². The molecule has 0 spiro atoms. The van der Waals surface area contributed by atoms with Crippen molar-refractivity contribution in [2.45, 2.75) is 76.7 Å². The monoisotopic (exact) mass is 574 g/mol. The molecule has 0 radical (unpaired) electrons. The normalized spacial score (nSPS) is 40.2. The summed E-state index contributed by atoms with van der Waals surface area (Å²) in [4.78, 5) is 25.9. The van der Waals surface area contributed by atoms with Crippen molar-refractivity contribution in [1.29, 1.82) is 0 Å². The van der Waals surface area contributed by atoms with Gasteiger partial charge >= 0.3 is 0 Å². The van der Waals surface area contributed by atoms with Gasteiger partial charge in [0, 0.05) is 28.7 Å². The zero-order valence-corrected chi connectivity index (χ0v) is 24.0. The molecule has 3 N–H and O–H groups in total. The minimum Gasteiger partial charge on any atom is -0.469 e. The maximum absolute atomic E-state index is 13.7. The summed E-state index contributed by atoms with van der Waals surface area (Å²) in [7, 11) is 0. The lowest BCUT2D eigenvalue weighted by molar-refractivity contribution is -0.201. The number of fused-ring (bicyclic) bond motifs is 7. The predicted molar refractivity (Wildman–Crippen MR) is 151 cm³/mol. The van der Waals surface area contributed by atoms with E-state index in [1.165, 1.54) is 0 Å². The number of carbonyl (C=O) groups excluding carboxylic acids is 2. The number of hydrogen-bond acceptors (Lipinski definition) is 8.